The van der Waals surface area contributed by atoms with Gasteiger partial charge in [0.25, 0.3) is 0 Å². The average molecular weight is 397 g/mol. The Hall–Kier alpha value is -0.780. The topological polar surface area (TPSA) is 0 Å². The maximum atomic E-state index is 2.42. The number of benzene rings is 1. The van der Waals surface area contributed by atoms with Gasteiger partial charge in [-0.05, 0) is 86.2 Å². The third kappa shape index (κ3) is 7.76. The Morgan fingerprint density at radius 2 is 1.10 bits per heavy atom. The second kappa shape index (κ2) is 12.8. The van der Waals surface area contributed by atoms with Gasteiger partial charge in [0.2, 0.25) is 0 Å². The monoisotopic (exact) mass is 396 g/mol. The molecule has 164 valence electrons. The molecule has 0 bridgehead atoms. The van der Waals surface area contributed by atoms with Gasteiger partial charge >= 0.3 is 0 Å². The van der Waals surface area contributed by atoms with Crippen LogP contribution in [0.15, 0.2) is 24.3 Å². The van der Waals surface area contributed by atoms with Crippen LogP contribution in [0.1, 0.15) is 121 Å². The van der Waals surface area contributed by atoms with Crippen LogP contribution in [-0.4, -0.2) is 0 Å². The predicted molar refractivity (Wildman–Crippen MR) is 128 cm³/mol. The minimum atomic E-state index is 0.997. The molecule has 2 fully saturated rings. The van der Waals surface area contributed by atoms with Gasteiger partial charge < -0.3 is 0 Å². The van der Waals surface area contributed by atoms with Crippen LogP contribution in [0.2, 0.25) is 0 Å². The molecular weight excluding hydrogens is 348 g/mol. The van der Waals surface area contributed by atoms with E-state index in [0.717, 1.165) is 23.7 Å². The highest BCUT2D eigenvalue weighted by molar-refractivity contribution is 5.22. The Morgan fingerprint density at radius 1 is 0.586 bits per heavy atom. The van der Waals surface area contributed by atoms with Crippen molar-refractivity contribution in [2.24, 2.45) is 23.7 Å². The molecule has 0 radical (unpaired) electrons. The van der Waals surface area contributed by atoms with E-state index in [-0.39, 0.29) is 0 Å². The van der Waals surface area contributed by atoms with Crippen molar-refractivity contribution in [3.8, 4) is 0 Å². The van der Waals surface area contributed by atoms with E-state index in [0.29, 0.717) is 0 Å². The van der Waals surface area contributed by atoms with Crippen molar-refractivity contribution < 1.29 is 0 Å². The summed E-state index contributed by atoms with van der Waals surface area (Å²) in [6, 6.07) is 9.63. The van der Waals surface area contributed by atoms with E-state index in [1.165, 1.54) is 96.3 Å². The van der Waals surface area contributed by atoms with Crippen LogP contribution in [-0.2, 0) is 12.8 Å². The number of aryl methyl sites for hydroxylation is 2. The third-order valence-electron chi connectivity index (χ3n) is 8.46. The molecule has 0 spiro atoms. The summed E-state index contributed by atoms with van der Waals surface area (Å²) in [7, 11) is 0. The van der Waals surface area contributed by atoms with Crippen LogP contribution < -0.4 is 0 Å². The number of unbranched alkanes of at least 4 members (excludes halogenated alkanes) is 4. The molecule has 0 N–H and O–H groups in total. The summed E-state index contributed by atoms with van der Waals surface area (Å²) >= 11 is 0. The predicted octanol–water partition coefficient (Wildman–Crippen LogP) is 9.15. The lowest BCUT2D eigenvalue weighted by atomic mass is 9.68. The van der Waals surface area contributed by atoms with Crippen molar-refractivity contribution in [2.45, 2.75) is 123 Å². The smallest absolute Gasteiger partial charge is 0.0276 e. The van der Waals surface area contributed by atoms with E-state index < -0.39 is 0 Å². The van der Waals surface area contributed by atoms with Crippen LogP contribution in [0.4, 0.5) is 0 Å². The molecule has 2 aliphatic rings. The normalized spacial score (nSPS) is 27.8. The molecule has 29 heavy (non-hydrogen) atoms. The second-order valence-corrected chi connectivity index (χ2v) is 10.5. The van der Waals surface area contributed by atoms with Crippen LogP contribution in [0.5, 0.6) is 0 Å². The molecule has 0 unspecified atom stereocenters. The van der Waals surface area contributed by atoms with Gasteiger partial charge in [-0.25, -0.2) is 0 Å². The maximum Gasteiger partial charge on any atom is -0.0276 e. The number of rotatable bonds is 11. The molecule has 0 saturated heterocycles. The van der Waals surface area contributed by atoms with Crippen molar-refractivity contribution in [3.63, 3.8) is 0 Å². The first-order chi connectivity index (χ1) is 14.3. The second-order valence-electron chi connectivity index (χ2n) is 10.5. The molecule has 0 amide bonds. The fraction of sp³-hybridized carbons (Fsp3) is 0.793. The molecule has 0 atom stereocenters. The van der Waals surface area contributed by atoms with Gasteiger partial charge in [-0.2, -0.15) is 0 Å². The Balaban J connectivity index is 1.30. The van der Waals surface area contributed by atoms with E-state index in [4.69, 9.17) is 0 Å². The lowest BCUT2D eigenvalue weighted by Gasteiger charge is -2.37. The van der Waals surface area contributed by atoms with E-state index in [9.17, 15) is 0 Å². The molecular formula is C29H48. The fourth-order valence-electron chi connectivity index (χ4n) is 6.19. The van der Waals surface area contributed by atoms with Gasteiger partial charge in [-0.15, -0.1) is 0 Å². The molecule has 0 aromatic heterocycles. The highest BCUT2D eigenvalue weighted by Crippen LogP contribution is 2.42. The molecule has 0 aliphatic heterocycles. The molecule has 1 aromatic carbocycles. The number of hydrogen-bond acceptors (Lipinski definition) is 0. The van der Waals surface area contributed by atoms with E-state index in [2.05, 4.69) is 38.1 Å². The first-order valence-corrected chi connectivity index (χ1v) is 13.4. The lowest BCUT2D eigenvalue weighted by molar-refractivity contribution is 0.142. The average Bonchev–Trinajstić information content (AvgIpc) is 2.79. The quantitative estimate of drug-likeness (QED) is 0.327. The zero-order chi connectivity index (χ0) is 20.3. The van der Waals surface area contributed by atoms with E-state index in [1.807, 2.05) is 0 Å². The van der Waals surface area contributed by atoms with E-state index >= 15 is 0 Å². The van der Waals surface area contributed by atoms with Crippen LogP contribution in [0, 0.1) is 23.7 Å². The van der Waals surface area contributed by atoms with Gasteiger partial charge in [-0.3, -0.25) is 0 Å². The fourth-order valence-corrected chi connectivity index (χ4v) is 6.19. The minimum Gasteiger partial charge on any atom is -0.0654 e. The van der Waals surface area contributed by atoms with Crippen molar-refractivity contribution in [1.82, 2.24) is 0 Å². The summed E-state index contributed by atoms with van der Waals surface area (Å²) < 4.78 is 0. The SMILES string of the molecule is CCCCCCCc1ccc(CCC2CCC(C3CCC(CC)CC3)CC2)cc1. The Labute approximate surface area is 182 Å². The highest BCUT2D eigenvalue weighted by Gasteiger charge is 2.30. The first-order valence-electron chi connectivity index (χ1n) is 13.4. The summed E-state index contributed by atoms with van der Waals surface area (Å²) in [5.74, 6) is 4.19. The van der Waals surface area contributed by atoms with Gasteiger partial charge in [0.1, 0.15) is 0 Å². The molecule has 0 heteroatoms. The van der Waals surface area contributed by atoms with Crippen molar-refractivity contribution in [3.05, 3.63) is 35.4 Å². The van der Waals surface area contributed by atoms with Crippen molar-refractivity contribution in [2.75, 3.05) is 0 Å². The molecule has 0 nitrogen and oxygen atoms in total. The Morgan fingerprint density at radius 3 is 1.66 bits per heavy atom. The van der Waals surface area contributed by atoms with Crippen LogP contribution in [0.3, 0.4) is 0 Å². The van der Waals surface area contributed by atoms with Crippen molar-refractivity contribution in [1.29, 1.82) is 0 Å². The first kappa shape index (κ1) is 22.9. The summed E-state index contributed by atoms with van der Waals surface area (Å²) in [6.07, 6.45) is 24.5. The highest BCUT2D eigenvalue weighted by atomic mass is 14.4. The molecule has 1 aromatic rings. The Bertz CT molecular complexity index is 526. The summed E-state index contributed by atoms with van der Waals surface area (Å²) in [4.78, 5) is 0. The standard InChI is InChI=1S/C29H48/c1-3-5-6-7-8-9-25-10-12-26(13-11-25)14-15-27-18-22-29(23-19-27)28-20-16-24(4-2)17-21-28/h10-13,24,27-29H,3-9,14-23H2,1-2H3. The molecule has 0 heterocycles. The molecule has 2 saturated carbocycles. The van der Waals surface area contributed by atoms with Gasteiger partial charge in [0.15, 0.2) is 0 Å². The Kier molecular flexibility index (Phi) is 10.1. The molecule has 3 rings (SSSR count). The zero-order valence-electron chi connectivity index (χ0n) is 19.6. The zero-order valence-corrected chi connectivity index (χ0v) is 19.6. The largest absolute Gasteiger partial charge is 0.0654 e. The third-order valence-corrected chi connectivity index (χ3v) is 8.46. The van der Waals surface area contributed by atoms with Gasteiger partial charge in [0, 0.05) is 0 Å². The van der Waals surface area contributed by atoms with Gasteiger partial charge in [-0.1, -0.05) is 95.9 Å². The summed E-state index contributed by atoms with van der Waals surface area (Å²) in [5.41, 5.74) is 3.11. The van der Waals surface area contributed by atoms with Crippen molar-refractivity contribution >= 4 is 0 Å². The summed E-state index contributed by atoms with van der Waals surface area (Å²) in [5, 5.41) is 0. The molecule has 2 aliphatic carbocycles. The van der Waals surface area contributed by atoms with Crippen LogP contribution >= 0.6 is 0 Å². The lowest BCUT2D eigenvalue weighted by Crippen LogP contribution is -2.25. The minimum absolute atomic E-state index is 0.997. The summed E-state index contributed by atoms with van der Waals surface area (Å²) in [6.45, 7) is 4.68. The van der Waals surface area contributed by atoms with Gasteiger partial charge in [0.05, 0.1) is 0 Å². The van der Waals surface area contributed by atoms with E-state index in [1.54, 1.807) is 24.0 Å². The van der Waals surface area contributed by atoms with Crippen LogP contribution in [0.25, 0.3) is 0 Å². The maximum absolute atomic E-state index is 2.42. The number of hydrogen-bond donors (Lipinski definition) is 0.